The first-order valence-electron chi connectivity index (χ1n) is 8.26. The van der Waals surface area contributed by atoms with Crippen molar-refractivity contribution in [3.8, 4) is 0 Å². The highest BCUT2D eigenvalue weighted by molar-refractivity contribution is 7.89. The highest BCUT2D eigenvalue weighted by Gasteiger charge is 2.18. The van der Waals surface area contributed by atoms with Gasteiger partial charge in [0.1, 0.15) is 5.82 Å². The third-order valence-corrected chi connectivity index (χ3v) is 5.68. The monoisotopic (exact) mass is 404 g/mol. The normalized spacial score (nSPS) is 12.5. The highest BCUT2D eigenvalue weighted by Crippen LogP contribution is 2.21. The van der Waals surface area contributed by atoms with Gasteiger partial charge in [-0.05, 0) is 54.1 Å². The molecule has 0 amide bonds. The van der Waals surface area contributed by atoms with Crippen molar-refractivity contribution in [3.63, 3.8) is 0 Å². The van der Waals surface area contributed by atoms with E-state index < -0.39 is 10.0 Å². The van der Waals surface area contributed by atoms with Gasteiger partial charge in [0.05, 0.1) is 10.9 Å². The van der Waals surface area contributed by atoms with Gasteiger partial charge in [0.25, 0.3) is 0 Å². The van der Waals surface area contributed by atoms with Gasteiger partial charge in [0.15, 0.2) is 0 Å². The van der Waals surface area contributed by atoms with Gasteiger partial charge in [0.2, 0.25) is 10.0 Å². The lowest BCUT2D eigenvalue weighted by Gasteiger charge is -2.21. The van der Waals surface area contributed by atoms with Crippen molar-refractivity contribution in [1.82, 2.24) is 4.72 Å². The minimum absolute atomic E-state index is 0.117. The van der Waals surface area contributed by atoms with Crippen LogP contribution in [0.5, 0.6) is 0 Å². The second-order valence-electron chi connectivity index (χ2n) is 5.92. The first-order valence-corrected chi connectivity index (χ1v) is 10.1. The molecule has 4 nitrogen and oxygen atoms in total. The quantitative estimate of drug-likeness (QED) is 0.604. The molecule has 0 saturated heterocycles. The zero-order valence-electron chi connectivity index (χ0n) is 14.3. The number of sulfonamides is 1. The number of benzene rings is 3. The lowest BCUT2D eigenvalue weighted by molar-refractivity contribution is 0.576. The molecule has 0 radical (unpaired) electrons. The van der Waals surface area contributed by atoms with E-state index in [0.29, 0.717) is 10.7 Å². The maximum Gasteiger partial charge on any atom is 0.240 e. The molecule has 0 aliphatic heterocycles. The summed E-state index contributed by atoms with van der Waals surface area (Å²) >= 11 is 5.82. The molecule has 0 aliphatic rings. The van der Waals surface area contributed by atoms with Crippen molar-refractivity contribution >= 4 is 27.3 Å². The SMILES string of the molecule is O=S(=O)(NC[C@@H](Nc1ccc(F)cc1)c1ccccc1)c1ccc(Cl)cc1. The van der Waals surface area contributed by atoms with Crippen molar-refractivity contribution in [3.05, 3.63) is 95.3 Å². The average Bonchev–Trinajstić information content (AvgIpc) is 2.68. The number of hydrogen-bond acceptors (Lipinski definition) is 3. The number of rotatable bonds is 7. The summed E-state index contributed by atoms with van der Waals surface area (Å²) in [5.41, 5.74) is 1.59. The smallest absolute Gasteiger partial charge is 0.240 e. The van der Waals surface area contributed by atoms with Crippen LogP contribution in [-0.2, 0) is 10.0 Å². The summed E-state index contributed by atoms with van der Waals surface area (Å²) in [7, 11) is -3.69. The van der Waals surface area contributed by atoms with Crippen LogP contribution in [0.3, 0.4) is 0 Å². The summed E-state index contributed by atoms with van der Waals surface area (Å²) in [6.45, 7) is 0.117. The van der Waals surface area contributed by atoms with Gasteiger partial charge in [-0.3, -0.25) is 0 Å². The third-order valence-electron chi connectivity index (χ3n) is 3.99. The minimum Gasteiger partial charge on any atom is -0.377 e. The lowest BCUT2D eigenvalue weighted by Crippen LogP contribution is -2.31. The van der Waals surface area contributed by atoms with Crippen LogP contribution in [0.4, 0.5) is 10.1 Å². The fourth-order valence-corrected chi connectivity index (χ4v) is 3.75. The van der Waals surface area contributed by atoms with Crippen LogP contribution in [0.15, 0.2) is 83.8 Å². The van der Waals surface area contributed by atoms with Crippen LogP contribution in [0, 0.1) is 5.82 Å². The minimum atomic E-state index is -3.69. The molecule has 7 heteroatoms. The Kier molecular flexibility index (Phi) is 6.11. The van der Waals surface area contributed by atoms with Crippen molar-refractivity contribution in [2.24, 2.45) is 0 Å². The molecule has 0 fully saturated rings. The summed E-state index contributed by atoms with van der Waals surface area (Å²) in [5, 5.41) is 3.71. The van der Waals surface area contributed by atoms with Crippen molar-refractivity contribution in [2.45, 2.75) is 10.9 Å². The summed E-state index contributed by atoms with van der Waals surface area (Å²) in [4.78, 5) is 0.139. The Morgan fingerprint density at radius 3 is 2.15 bits per heavy atom. The van der Waals surface area contributed by atoms with E-state index in [9.17, 15) is 12.8 Å². The van der Waals surface area contributed by atoms with Crippen LogP contribution in [0.25, 0.3) is 0 Å². The van der Waals surface area contributed by atoms with Gasteiger partial charge in [-0.2, -0.15) is 0 Å². The predicted octanol–water partition coefficient (Wildman–Crippen LogP) is 4.61. The Labute approximate surface area is 163 Å². The Balaban J connectivity index is 1.79. The summed E-state index contributed by atoms with van der Waals surface area (Å²) in [6.07, 6.45) is 0. The molecule has 0 saturated carbocycles. The fourth-order valence-electron chi connectivity index (χ4n) is 2.57. The van der Waals surface area contributed by atoms with Crippen molar-refractivity contribution in [2.75, 3.05) is 11.9 Å². The molecule has 0 heterocycles. The lowest BCUT2D eigenvalue weighted by atomic mass is 10.1. The molecule has 0 unspecified atom stereocenters. The van der Waals surface area contributed by atoms with Gasteiger partial charge in [0, 0.05) is 17.3 Å². The van der Waals surface area contributed by atoms with Gasteiger partial charge in [-0.25, -0.2) is 17.5 Å². The van der Waals surface area contributed by atoms with Crippen LogP contribution in [0.1, 0.15) is 11.6 Å². The molecule has 3 rings (SSSR count). The Bertz CT molecular complexity index is 979. The van der Waals surface area contributed by atoms with E-state index in [1.165, 1.54) is 36.4 Å². The van der Waals surface area contributed by atoms with Gasteiger partial charge in [-0.15, -0.1) is 0 Å². The van der Waals surface area contributed by atoms with E-state index in [1.54, 1.807) is 12.1 Å². The maximum atomic E-state index is 13.1. The largest absolute Gasteiger partial charge is 0.377 e. The topological polar surface area (TPSA) is 58.2 Å². The van der Waals surface area contributed by atoms with E-state index in [0.717, 1.165) is 5.56 Å². The van der Waals surface area contributed by atoms with Crippen molar-refractivity contribution in [1.29, 1.82) is 0 Å². The molecule has 1 atom stereocenters. The number of anilines is 1. The molecule has 2 N–H and O–H groups in total. The zero-order chi connectivity index (χ0) is 19.3. The molecule has 27 heavy (non-hydrogen) atoms. The molecule has 3 aromatic carbocycles. The van der Waals surface area contributed by atoms with E-state index in [1.807, 2.05) is 30.3 Å². The number of halogens is 2. The van der Waals surface area contributed by atoms with E-state index >= 15 is 0 Å². The summed E-state index contributed by atoms with van der Waals surface area (Å²) in [5.74, 6) is -0.333. The highest BCUT2D eigenvalue weighted by atomic mass is 35.5. The van der Waals surface area contributed by atoms with E-state index in [4.69, 9.17) is 11.6 Å². The van der Waals surface area contributed by atoms with Crippen LogP contribution >= 0.6 is 11.6 Å². The number of hydrogen-bond donors (Lipinski definition) is 2. The Hall–Kier alpha value is -2.41. The van der Waals surface area contributed by atoms with E-state index in [2.05, 4.69) is 10.0 Å². The molecule has 0 aromatic heterocycles. The second kappa shape index (κ2) is 8.52. The molecule has 3 aromatic rings. The van der Waals surface area contributed by atoms with Gasteiger partial charge in [-0.1, -0.05) is 41.9 Å². The van der Waals surface area contributed by atoms with Crippen LogP contribution < -0.4 is 10.0 Å². The molecule has 0 spiro atoms. The summed E-state index contributed by atoms with van der Waals surface area (Å²) < 4.78 is 40.8. The van der Waals surface area contributed by atoms with Gasteiger partial charge >= 0.3 is 0 Å². The molecular formula is C20H18ClFN2O2S. The maximum absolute atomic E-state index is 13.1. The van der Waals surface area contributed by atoms with Crippen molar-refractivity contribution < 1.29 is 12.8 Å². The molecule has 140 valence electrons. The Morgan fingerprint density at radius 1 is 0.889 bits per heavy atom. The third kappa shape index (κ3) is 5.29. The Morgan fingerprint density at radius 2 is 1.52 bits per heavy atom. The molecule has 0 bridgehead atoms. The van der Waals surface area contributed by atoms with Gasteiger partial charge < -0.3 is 5.32 Å². The zero-order valence-corrected chi connectivity index (χ0v) is 15.8. The van der Waals surface area contributed by atoms with Crippen LogP contribution in [-0.4, -0.2) is 15.0 Å². The fraction of sp³-hybridized carbons (Fsp3) is 0.100. The van der Waals surface area contributed by atoms with E-state index in [-0.39, 0.29) is 23.3 Å². The second-order valence-corrected chi connectivity index (χ2v) is 8.12. The average molecular weight is 405 g/mol. The standard InChI is InChI=1S/C20H18ClFN2O2S/c21-16-6-12-19(13-7-16)27(25,26)23-14-20(15-4-2-1-3-5-15)24-18-10-8-17(22)9-11-18/h1-13,20,23-24H,14H2/t20-/m1/s1. The number of nitrogens with one attached hydrogen (secondary N) is 2. The van der Waals surface area contributed by atoms with Crippen LogP contribution in [0.2, 0.25) is 5.02 Å². The summed E-state index contributed by atoms with van der Waals surface area (Å²) in [6, 6.07) is 21.0. The first-order chi connectivity index (χ1) is 12.9. The first kappa shape index (κ1) is 19.4. The molecular weight excluding hydrogens is 387 g/mol. The predicted molar refractivity (Wildman–Crippen MR) is 106 cm³/mol. The molecule has 0 aliphatic carbocycles.